The topological polar surface area (TPSA) is 62.5 Å². The number of carbonyl (C=O) groups is 1. The van der Waals surface area contributed by atoms with Gasteiger partial charge in [0.05, 0.1) is 12.0 Å². The average molecular weight is 398 g/mol. The molecule has 2 aromatic carbocycles. The number of amides is 1. The Labute approximate surface area is 169 Å². The van der Waals surface area contributed by atoms with Crippen LogP contribution in [0.15, 0.2) is 59.0 Å². The number of rotatable bonds is 5. The van der Waals surface area contributed by atoms with E-state index < -0.39 is 11.0 Å². The first-order valence-electron chi connectivity index (χ1n) is 9.67. The number of halogens is 1. The Hall–Kier alpha value is -2.30. The predicted molar refractivity (Wildman–Crippen MR) is 110 cm³/mol. The molecule has 5 heteroatoms. The van der Waals surface area contributed by atoms with Crippen molar-refractivity contribution in [2.45, 2.75) is 43.6 Å². The van der Waals surface area contributed by atoms with E-state index >= 15 is 0 Å². The van der Waals surface area contributed by atoms with Crippen LogP contribution in [0.3, 0.4) is 0 Å². The van der Waals surface area contributed by atoms with Crippen molar-refractivity contribution in [1.29, 1.82) is 0 Å². The van der Waals surface area contributed by atoms with Crippen LogP contribution in [0.4, 0.5) is 0 Å². The Bertz CT molecular complexity index is 952. The summed E-state index contributed by atoms with van der Waals surface area (Å²) in [5.74, 6) is 0.393. The van der Waals surface area contributed by atoms with E-state index in [9.17, 15) is 9.90 Å². The predicted octanol–water partition coefficient (Wildman–Crippen LogP) is 4.92. The van der Waals surface area contributed by atoms with E-state index in [0.29, 0.717) is 10.8 Å². The molecule has 1 saturated carbocycles. The van der Waals surface area contributed by atoms with E-state index in [-0.39, 0.29) is 12.5 Å². The Morgan fingerprint density at radius 2 is 1.86 bits per heavy atom. The van der Waals surface area contributed by atoms with Crippen LogP contribution in [0.25, 0.3) is 11.0 Å². The van der Waals surface area contributed by atoms with Crippen molar-refractivity contribution in [2.75, 3.05) is 6.54 Å². The summed E-state index contributed by atoms with van der Waals surface area (Å²) in [6, 6.07) is 17.0. The number of hydrogen-bond acceptors (Lipinski definition) is 3. The molecule has 0 aliphatic heterocycles. The number of fused-ring (bicyclic) bond motifs is 1. The highest BCUT2D eigenvalue weighted by Gasteiger charge is 2.43. The maximum Gasteiger partial charge on any atom is 0.230 e. The van der Waals surface area contributed by atoms with Crippen molar-refractivity contribution in [3.8, 4) is 0 Å². The monoisotopic (exact) mass is 397 g/mol. The summed E-state index contributed by atoms with van der Waals surface area (Å²) in [6.45, 7) is 1.75. The minimum atomic E-state index is -1.30. The average Bonchev–Trinajstić information content (AvgIpc) is 3.35. The number of furan rings is 1. The third-order valence-corrected chi connectivity index (χ3v) is 6.09. The molecule has 0 radical (unpaired) electrons. The number of benzene rings is 2. The smallest absolute Gasteiger partial charge is 0.230 e. The maximum atomic E-state index is 13.2. The molecule has 0 bridgehead atoms. The molecule has 1 heterocycles. The van der Waals surface area contributed by atoms with E-state index in [2.05, 4.69) is 5.32 Å². The lowest BCUT2D eigenvalue weighted by Crippen LogP contribution is -2.47. The quantitative estimate of drug-likeness (QED) is 0.642. The zero-order valence-corrected chi connectivity index (χ0v) is 16.6. The summed E-state index contributed by atoms with van der Waals surface area (Å²) in [5, 5.41) is 15.5. The number of hydrogen-bond donors (Lipinski definition) is 2. The first kappa shape index (κ1) is 19.0. The van der Waals surface area contributed by atoms with Crippen molar-refractivity contribution in [3.63, 3.8) is 0 Å². The van der Waals surface area contributed by atoms with Crippen LogP contribution in [-0.4, -0.2) is 17.6 Å². The van der Waals surface area contributed by atoms with Crippen LogP contribution in [0.1, 0.15) is 43.9 Å². The van der Waals surface area contributed by atoms with Gasteiger partial charge in [0, 0.05) is 10.4 Å². The number of para-hydroxylation sites is 1. The largest absolute Gasteiger partial charge is 0.458 e. The van der Waals surface area contributed by atoms with Gasteiger partial charge in [-0.15, -0.1) is 0 Å². The van der Waals surface area contributed by atoms with Gasteiger partial charge in [-0.3, -0.25) is 4.79 Å². The molecule has 1 aromatic heterocycles. The molecule has 1 fully saturated rings. The number of carbonyl (C=O) groups excluding carboxylic acids is 1. The van der Waals surface area contributed by atoms with Crippen molar-refractivity contribution in [3.05, 3.63) is 70.9 Å². The summed E-state index contributed by atoms with van der Waals surface area (Å²) < 4.78 is 5.80. The molecule has 1 unspecified atom stereocenters. The SMILES string of the molecule is CC(O)(CNC(=O)C1(c2ccc(Cl)cc2)CCCC1)c1cc2ccccc2o1. The molecule has 1 aliphatic carbocycles. The molecule has 3 aromatic rings. The molecule has 146 valence electrons. The Morgan fingerprint density at radius 1 is 1.18 bits per heavy atom. The zero-order valence-electron chi connectivity index (χ0n) is 15.9. The van der Waals surface area contributed by atoms with Crippen LogP contribution in [0.5, 0.6) is 0 Å². The van der Waals surface area contributed by atoms with Crippen molar-refractivity contribution in [2.24, 2.45) is 0 Å². The van der Waals surface area contributed by atoms with Crippen molar-refractivity contribution < 1.29 is 14.3 Å². The van der Waals surface area contributed by atoms with Crippen molar-refractivity contribution in [1.82, 2.24) is 5.32 Å². The van der Waals surface area contributed by atoms with Gasteiger partial charge in [-0.05, 0) is 49.6 Å². The van der Waals surface area contributed by atoms with Crippen LogP contribution in [-0.2, 0) is 15.8 Å². The minimum absolute atomic E-state index is 0.0521. The molecule has 1 atom stereocenters. The van der Waals surface area contributed by atoms with E-state index in [1.807, 2.05) is 54.6 Å². The normalized spacial score (nSPS) is 18.1. The molecule has 4 nitrogen and oxygen atoms in total. The van der Waals surface area contributed by atoms with E-state index in [1.165, 1.54) is 0 Å². The summed E-state index contributed by atoms with van der Waals surface area (Å²) in [4.78, 5) is 13.2. The highest BCUT2D eigenvalue weighted by atomic mass is 35.5. The second-order valence-corrected chi connectivity index (χ2v) is 8.34. The summed E-state index contributed by atoms with van der Waals surface area (Å²) in [7, 11) is 0. The van der Waals surface area contributed by atoms with Crippen LogP contribution >= 0.6 is 11.6 Å². The minimum Gasteiger partial charge on any atom is -0.458 e. The lowest BCUT2D eigenvalue weighted by atomic mass is 9.78. The standard InChI is InChI=1S/C23H24ClNO3/c1-22(27,20-14-16-6-2-3-7-19(16)28-20)15-25-21(26)23(12-4-5-13-23)17-8-10-18(24)11-9-17/h2-3,6-11,14,27H,4-5,12-13,15H2,1H3,(H,25,26). The molecule has 28 heavy (non-hydrogen) atoms. The van der Waals surface area contributed by atoms with Gasteiger partial charge in [0.1, 0.15) is 16.9 Å². The summed E-state index contributed by atoms with van der Waals surface area (Å²) >= 11 is 6.02. The Morgan fingerprint density at radius 3 is 2.54 bits per heavy atom. The third kappa shape index (κ3) is 3.43. The van der Waals surface area contributed by atoms with Gasteiger partial charge < -0.3 is 14.8 Å². The molecule has 4 rings (SSSR count). The lowest BCUT2D eigenvalue weighted by molar-refractivity contribution is -0.128. The summed E-state index contributed by atoms with van der Waals surface area (Å²) in [6.07, 6.45) is 3.62. The summed E-state index contributed by atoms with van der Waals surface area (Å²) in [5.41, 5.74) is -0.156. The van der Waals surface area contributed by atoms with Crippen LogP contribution < -0.4 is 5.32 Å². The third-order valence-electron chi connectivity index (χ3n) is 5.84. The molecule has 1 amide bonds. The fourth-order valence-corrected chi connectivity index (χ4v) is 4.28. The van der Waals surface area contributed by atoms with Crippen molar-refractivity contribution >= 4 is 28.5 Å². The van der Waals surface area contributed by atoms with E-state index in [0.717, 1.165) is 42.2 Å². The van der Waals surface area contributed by atoms with Crippen LogP contribution in [0.2, 0.25) is 5.02 Å². The van der Waals surface area contributed by atoms with Gasteiger partial charge in [0.25, 0.3) is 0 Å². The molecular weight excluding hydrogens is 374 g/mol. The molecule has 2 N–H and O–H groups in total. The van der Waals surface area contributed by atoms with Gasteiger partial charge in [-0.1, -0.05) is 54.8 Å². The zero-order chi connectivity index (χ0) is 19.8. The lowest BCUT2D eigenvalue weighted by Gasteiger charge is -2.30. The van der Waals surface area contributed by atoms with Crippen LogP contribution in [0, 0.1) is 0 Å². The first-order valence-corrected chi connectivity index (χ1v) is 10.0. The fraction of sp³-hybridized carbons (Fsp3) is 0.348. The molecule has 1 aliphatic rings. The van der Waals surface area contributed by atoms with E-state index in [1.54, 1.807) is 6.92 Å². The van der Waals surface area contributed by atoms with Gasteiger partial charge in [-0.25, -0.2) is 0 Å². The molecule has 0 saturated heterocycles. The highest BCUT2D eigenvalue weighted by Crippen LogP contribution is 2.42. The molecular formula is C23H24ClNO3. The van der Waals surface area contributed by atoms with Gasteiger partial charge in [-0.2, -0.15) is 0 Å². The molecule has 0 spiro atoms. The van der Waals surface area contributed by atoms with Gasteiger partial charge >= 0.3 is 0 Å². The fourth-order valence-electron chi connectivity index (χ4n) is 4.15. The second-order valence-electron chi connectivity index (χ2n) is 7.90. The number of nitrogens with one attached hydrogen (secondary N) is 1. The Kier molecular flexibility index (Phi) is 4.94. The Balaban J connectivity index is 1.53. The second kappa shape index (κ2) is 7.26. The van der Waals surface area contributed by atoms with Gasteiger partial charge in [0.15, 0.2) is 0 Å². The maximum absolute atomic E-state index is 13.2. The highest BCUT2D eigenvalue weighted by molar-refractivity contribution is 6.30. The number of aliphatic hydroxyl groups is 1. The van der Waals surface area contributed by atoms with Gasteiger partial charge in [0.2, 0.25) is 5.91 Å². The first-order chi connectivity index (χ1) is 13.4. The van der Waals surface area contributed by atoms with E-state index in [4.69, 9.17) is 16.0 Å².